The smallest absolute Gasteiger partial charge is 0.408 e. The lowest BCUT2D eigenvalue weighted by molar-refractivity contribution is 0.0468. The molecule has 0 radical (unpaired) electrons. The van der Waals surface area contributed by atoms with E-state index in [1.54, 1.807) is 6.07 Å². The number of ether oxygens (including phenoxy) is 1. The maximum atomic E-state index is 11.9. The van der Waals surface area contributed by atoms with Gasteiger partial charge in [0, 0.05) is 5.39 Å². The summed E-state index contributed by atoms with van der Waals surface area (Å²) in [5.74, 6) is 0. The second-order valence-corrected chi connectivity index (χ2v) is 6.73. The van der Waals surface area contributed by atoms with Gasteiger partial charge in [0.25, 0.3) is 0 Å². The summed E-state index contributed by atoms with van der Waals surface area (Å²) in [6.45, 7) is 9.11. The number of amides is 1. The average molecular weight is 303 g/mol. The number of pyridine rings is 1. The molecule has 0 aliphatic heterocycles. The summed E-state index contributed by atoms with van der Waals surface area (Å²) < 4.78 is 5.27. The van der Waals surface area contributed by atoms with E-state index in [0.717, 1.165) is 11.7 Å². The third-order valence-corrected chi connectivity index (χ3v) is 3.08. The van der Waals surface area contributed by atoms with Crippen molar-refractivity contribution in [2.45, 2.75) is 45.8 Å². The van der Waals surface area contributed by atoms with Crippen LogP contribution in [0.4, 0.5) is 4.79 Å². The first-order valence-corrected chi connectivity index (χ1v) is 7.07. The summed E-state index contributed by atoms with van der Waals surface area (Å²) >= 11 is 0. The first-order chi connectivity index (χ1) is 10.1. The van der Waals surface area contributed by atoms with Gasteiger partial charge < -0.3 is 15.0 Å². The molecule has 0 spiro atoms. The Balaban J connectivity index is 2.24. The third kappa shape index (κ3) is 3.63. The lowest BCUT2D eigenvalue weighted by Crippen LogP contribution is -2.44. The van der Waals surface area contributed by atoms with Crippen molar-refractivity contribution < 1.29 is 14.3 Å². The molecule has 2 N–H and O–H groups in total. The first kappa shape index (κ1) is 16.0. The largest absolute Gasteiger partial charge is 0.444 e. The predicted octanol–water partition coefficient (Wildman–Crippen LogP) is 3.14. The number of H-pyrrole nitrogens is 1. The normalized spacial score (nSPS) is 12.2. The summed E-state index contributed by atoms with van der Waals surface area (Å²) in [6.07, 6.45) is 0.241. The van der Waals surface area contributed by atoms with E-state index in [0.29, 0.717) is 17.0 Å². The number of hydrogen-bond acceptors (Lipinski definition) is 4. The number of fused-ring (bicyclic) bond motifs is 1. The molecule has 6 heteroatoms. The maximum Gasteiger partial charge on any atom is 0.408 e. The van der Waals surface area contributed by atoms with Gasteiger partial charge in [-0.2, -0.15) is 0 Å². The van der Waals surface area contributed by atoms with E-state index in [4.69, 9.17) is 4.74 Å². The molecule has 2 aromatic rings. The van der Waals surface area contributed by atoms with Crippen LogP contribution in [0, 0.1) is 0 Å². The number of rotatable bonds is 3. The minimum atomic E-state index is -0.705. The number of hydrogen-bond donors (Lipinski definition) is 2. The fourth-order valence-electron chi connectivity index (χ4n) is 2.06. The van der Waals surface area contributed by atoms with Gasteiger partial charge >= 0.3 is 6.09 Å². The fraction of sp³-hybridized carbons (Fsp3) is 0.438. The monoisotopic (exact) mass is 303 g/mol. The lowest BCUT2D eigenvalue weighted by Gasteiger charge is -2.28. The van der Waals surface area contributed by atoms with E-state index in [1.807, 2.05) is 46.8 Å². The van der Waals surface area contributed by atoms with Crippen molar-refractivity contribution in [1.29, 1.82) is 0 Å². The van der Waals surface area contributed by atoms with Gasteiger partial charge in [-0.1, -0.05) is 0 Å². The zero-order valence-electron chi connectivity index (χ0n) is 13.5. The second kappa shape index (κ2) is 5.44. The molecule has 0 fully saturated rings. The van der Waals surface area contributed by atoms with E-state index in [1.165, 1.54) is 0 Å². The van der Waals surface area contributed by atoms with E-state index >= 15 is 0 Å². The Kier molecular flexibility index (Phi) is 3.96. The number of carbonyl (C=O) groups is 2. The number of aromatic amines is 1. The second-order valence-electron chi connectivity index (χ2n) is 6.73. The summed E-state index contributed by atoms with van der Waals surface area (Å²) in [7, 11) is 0. The van der Waals surface area contributed by atoms with Gasteiger partial charge in [0.1, 0.15) is 11.2 Å². The Labute approximate surface area is 129 Å². The molecule has 2 heterocycles. The number of carbonyl (C=O) groups excluding carboxylic acids is 2. The quantitative estimate of drug-likeness (QED) is 0.853. The number of nitrogens with zero attached hydrogens (tertiary/aromatic N) is 1. The van der Waals surface area contributed by atoms with Crippen LogP contribution < -0.4 is 5.32 Å². The van der Waals surface area contributed by atoms with Crippen LogP contribution in [0.2, 0.25) is 0 Å². The van der Waals surface area contributed by atoms with Crippen LogP contribution in [0.5, 0.6) is 0 Å². The number of alkyl carbamates (subject to hydrolysis) is 1. The molecule has 0 saturated heterocycles. The number of nitrogens with one attached hydrogen (secondary N) is 2. The summed E-state index contributed by atoms with van der Waals surface area (Å²) in [5.41, 5.74) is 0.486. The molecule has 2 aromatic heterocycles. The van der Waals surface area contributed by atoms with Gasteiger partial charge in [0.05, 0.1) is 16.9 Å². The van der Waals surface area contributed by atoms with Gasteiger partial charge in [0.15, 0.2) is 6.29 Å². The molecular weight excluding hydrogens is 282 g/mol. The molecule has 2 rings (SSSR count). The van der Waals surface area contributed by atoms with Gasteiger partial charge in [-0.05, 0) is 52.8 Å². The van der Waals surface area contributed by atoms with Crippen molar-refractivity contribution in [2.75, 3.05) is 0 Å². The molecule has 0 unspecified atom stereocenters. The van der Waals surface area contributed by atoms with E-state index < -0.39 is 17.2 Å². The summed E-state index contributed by atoms with van der Waals surface area (Å²) in [6, 6.07) is 5.41. The van der Waals surface area contributed by atoms with Gasteiger partial charge in [-0.25, -0.2) is 9.78 Å². The molecule has 0 aliphatic rings. The Morgan fingerprint density at radius 2 is 1.95 bits per heavy atom. The highest BCUT2D eigenvalue weighted by Crippen LogP contribution is 2.22. The van der Waals surface area contributed by atoms with Crippen LogP contribution in [-0.4, -0.2) is 27.9 Å². The highest BCUT2D eigenvalue weighted by atomic mass is 16.6. The molecule has 1 amide bonds. The first-order valence-electron chi connectivity index (χ1n) is 7.07. The van der Waals surface area contributed by atoms with Crippen LogP contribution >= 0.6 is 0 Å². The van der Waals surface area contributed by atoms with Crippen LogP contribution in [0.15, 0.2) is 18.2 Å². The van der Waals surface area contributed by atoms with Gasteiger partial charge in [0.2, 0.25) is 0 Å². The SMILES string of the molecule is CC(C)(C)OC(=O)NC(C)(C)c1ccc2cc(C=O)[nH]c2n1. The van der Waals surface area contributed by atoms with E-state index in [9.17, 15) is 9.59 Å². The van der Waals surface area contributed by atoms with Crippen LogP contribution in [0.1, 0.15) is 50.8 Å². The zero-order valence-corrected chi connectivity index (χ0v) is 13.5. The molecule has 0 aliphatic carbocycles. The lowest BCUT2D eigenvalue weighted by atomic mass is 10.00. The van der Waals surface area contributed by atoms with Crippen LogP contribution in [0.3, 0.4) is 0 Å². The Bertz CT molecular complexity index is 711. The average Bonchev–Trinajstić information content (AvgIpc) is 2.77. The van der Waals surface area contributed by atoms with Crippen molar-refractivity contribution in [3.63, 3.8) is 0 Å². The molecule has 0 bridgehead atoms. The molecule has 6 nitrogen and oxygen atoms in total. The minimum Gasteiger partial charge on any atom is -0.444 e. The fourth-order valence-corrected chi connectivity index (χ4v) is 2.06. The molecule has 22 heavy (non-hydrogen) atoms. The summed E-state index contributed by atoms with van der Waals surface area (Å²) in [4.78, 5) is 30.2. The molecule has 118 valence electrons. The molecular formula is C16H21N3O3. The highest BCUT2D eigenvalue weighted by Gasteiger charge is 2.27. The third-order valence-electron chi connectivity index (χ3n) is 3.08. The van der Waals surface area contributed by atoms with E-state index in [-0.39, 0.29) is 0 Å². The van der Waals surface area contributed by atoms with Gasteiger partial charge in [-0.3, -0.25) is 4.79 Å². The van der Waals surface area contributed by atoms with Crippen molar-refractivity contribution in [3.05, 3.63) is 29.6 Å². The standard InChI is InChI=1S/C16H21N3O3/c1-15(2,3)22-14(21)19-16(4,5)12-7-6-10-8-11(9-20)17-13(10)18-12/h6-9H,1-5H3,(H,17,18)(H,19,21). The molecule has 0 atom stereocenters. The maximum absolute atomic E-state index is 11.9. The van der Waals surface area contributed by atoms with Crippen molar-refractivity contribution in [1.82, 2.24) is 15.3 Å². The van der Waals surface area contributed by atoms with Crippen LogP contribution in [0.25, 0.3) is 11.0 Å². The number of aromatic nitrogens is 2. The van der Waals surface area contributed by atoms with Crippen molar-refractivity contribution in [3.8, 4) is 0 Å². The Morgan fingerprint density at radius 3 is 2.55 bits per heavy atom. The number of aldehydes is 1. The minimum absolute atomic E-state index is 0.470. The highest BCUT2D eigenvalue weighted by molar-refractivity contribution is 5.85. The van der Waals surface area contributed by atoms with Gasteiger partial charge in [-0.15, -0.1) is 0 Å². The molecule has 0 aromatic carbocycles. The Morgan fingerprint density at radius 1 is 1.27 bits per heavy atom. The topological polar surface area (TPSA) is 84.1 Å². The van der Waals surface area contributed by atoms with Crippen LogP contribution in [-0.2, 0) is 10.3 Å². The Hall–Kier alpha value is -2.37. The summed E-state index contributed by atoms with van der Waals surface area (Å²) in [5, 5.41) is 3.65. The van der Waals surface area contributed by atoms with E-state index in [2.05, 4.69) is 15.3 Å². The zero-order chi connectivity index (χ0) is 16.5. The van der Waals surface area contributed by atoms with Crippen molar-refractivity contribution >= 4 is 23.4 Å². The van der Waals surface area contributed by atoms with Crippen molar-refractivity contribution in [2.24, 2.45) is 0 Å². The molecule has 0 saturated carbocycles. The predicted molar refractivity (Wildman–Crippen MR) is 83.9 cm³/mol.